The van der Waals surface area contributed by atoms with Gasteiger partial charge in [-0.05, 0) is 31.2 Å². The maximum Gasteiger partial charge on any atom is 0.273 e. The number of hydrogen-bond donors (Lipinski definition) is 1. The lowest BCUT2D eigenvalue weighted by atomic mass is 10.1. The number of amides is 1. The Balaban J connectivity index is 1.96. The smallest absolute Gasteiger partial charge is 0.273 e. The van der Waals surface area contributed by atoms with Crippen LogP contribution >= 0.6 is 11.6 Å². The molecule has 31 heavy (non-hydrogen) atoms. The number of oxime groups is 1. The van der Waals surface area contributed by atoms with Crippen LogP contribution in [0.2, 0.25) is 5.02 Å². The van der Waals surface area contributed by atoms with E-state index in [0.29, 0.717) is 16.3 Å². The summed E-state index contributed by atoms with van der Waals surface area (Å²) in [5.41, 5.74) is 0.844. The summed E-state index contributed by atoms with van der Waals surface area (Å²) in [5, 5.41) is 6.67. The van der Waals surface area contributed by atoms with Gasteiger partial charge in [0.25, 0.3) is 17.7 Å². The minimum Gasteiger partial charge on any atom is -0.436 e. The number of likely N-dealkylation sites (N-methyl/N-ethyl adjacent to an activating group) is 1. The Bertz CT molecular complexity index is 1140. The number of carbonyl (C=O) groups is 1. The van der Waals surface area contributed by atoms with E-state index in [1.807, 2.05) is 0 Å². The first-order chi connectivity index (χ1) is 15.0. The second-order valence-electron chi connectivity index (χ2n) is 6.06. The van der Waals surface area contributed by atoms with Gasteiger partial charge >= 0.3 is 0 Å². The van der Waals surface area contributed by atoms with E-state index in [1.165, 1.54) is 20.2 Å². The van der Waals surface area contributed by atoms with Gasteiger partial charge in [-0.25, -0.2) is 0 Å². The van der Waals surface area contributed by atoms with E-state index >= 15 is 4.39 Å². The fourth-order valence-electron chi connectivity index (χ4n) is 2.56. The summed E-state index contributed by atoms with van der Waals surface area (Å²) < 4.78 is 26.3. The van der Waals surface area contributed by atoms with E-state index in [9.17, 15) is 4.79 Å². The van der Waals surface area contributed by atoms with E-state index in [4.69, 9.17) is 25.9 Å². The molecule has 8 nitrogen and oxygen atoms in total. The Morgan fingerprint density at radius 2 is 1.71 bits per heavy atom. The molecule has 0 saturated carbocycles. The first-order valence-electron chi connectivity index (χ1n) is 9.00. The molecule has 0 bridgehead atoms. The summed E-state index contributed by atoms with van der Waals surface area (Å²) in [6.07, 6.45) is 1.10. The zero-order chi connectivity index (χ0) is 22.4. The van der Waals surface area contributed by atoms with Crippen LogP contribution in [0.1, 0.15) is 11.1 Å². The predicted octanol–water partition coefficient (Wildman–Crippen LogP) is 4.26. The Kier molecular flexibility index (Phi) is 6.99. The molecule has 3 rings (SSSR count). The molecule has 0 unspecified atom stereocenters. The topological polar surface area (TPSA) is 94.9 Å². The van der Waals surface area contributed by atoms with Gasteiger partial charge < -0.3 is 19.6 Å². The van der Waals surface area contributed by atoms with E-state index < -0.39 is 17.6 Å². The summed E-state index contributed by atoms with van der Waals surface area (Å²) in [4.78, 5) is 24.6. The van der Waals surface area contributed by atoms with Gasteiger partial charge in [-0.15, -0.1) is 0 Å². The van der Waals surface area contributed by atoms with Crippen molar-refractivity contribution in [3.63, 3.8) is 0 Å². The van der Waals surface area contributed by atoms with Crippen molar-refractivity contribution < 1.29 is 23.5 Å². The number of benzene rings is 2. The molecular weight excluding hydrogens is 427 g/mol. The number of nitrogens with zero attached hydrogens (tertiary/aromatic N) is 3. The molecule has 0 fully saturated rings. The Morgan fingerprint density at radius 3 is 2.39 bits per heavy atom. The van der Waals surface area contributed by atoms with Crippen LogP contribution in [0.3, 0.4) is 0 Å². The van der Waals surface area contributed by atoms with E-state index in [1.54, 1.807) is 43.3 Å². The van der Waals surface area contributed by atoms with Crippen LogP contribution in [-0.2, 0) is 9.63 Å². The number of nitrogens with one attached hydrogen (secondary N) is 1. The number of carbonyl (C=O) groups excluding carboxylic acids is 1. The molecule has 1 N–H and O–H groups in total. The van der Waals surface area contributed by atoms with Crippen LogP contribution < -0.4 is 14.8 Å². The molecule has 0 saturated heterocycles. The van der Waals surface area contributed by atoms with Crippen LogP contribution in [0.5, 0.6) is 23.3 Å². The second-order valence-corrected chi connectivity index (χ2v) is 6.47. The van der Waals surface area contributed by atoms with Crippen LogP contribution in [0.15, 0.2) is 53.9 Å². The van der Waals surface area contributed by atoms with Crippen LogP contribution in [0, 0.1) is 12.7 Å². The van der Waals surface area contributed by atoms with E-state index in [-0.39, 0.29) is 22.9 Å². The lowest BCUT2D eigenvalue weighted by Gasteiger charge is -2.13. The zero-order valence-electron chi connectivity index (χ0n) is 16.8. The van der Waals surface area contributed by atoms with Gasteiger partial charge in [0.05, 0.1) is 5.56 Å². The number of aromatic nitrogens is 2. The Hall–Kier alpha value is -3.72. The van der Waals surface area contributed by atoms with Gasteiger partial charge in [0.1, 0.15) is 24.9 Å². The summed E-state index contributed by atoms with van der Waals surface area (Å²) in [7, 11) is 2.75. The summed E-state index contributed by atoms with van der Waals surface area (Å²) in [6, 6.07) is 11.4. The number of halogens is 2. The average molecular weight is 445 g/mol. The number of ether oxygens (including phenoxy) is 2. The molecule has 0 atom stereocenters. The average Bonchev–Trinajstić information content (AvgIpc) is 2.78. The van der Waals surface area contributed by atoms with E-state index in [0.717, 1.165) is 6.33 Å². The lowest BCUT2D eigenvalue weighted by molar-refractivity contribution is -0.114. The van der Waals surface area contributed by atoms with Gasteiger partial charge in [0.15, 0.2) is 5.71 Å². The van der Waals surface area contributed by atoms with Crippen molar-refractivity contribution in [1.29, 1.82) is 0 Å². The molecule has 0 radical (unpaired) electrons. The van der Waals surface area contributed by atoms with Gasteiger partial charge in [0, 0.05) is 17.6 Å². The normalized spacial score (nSPS) is 11.1. The largest absolute Gasteiger partial charge is 0.436 e. The standard InChI is InChI=1S/C21H18ClFN4O4/c1-12-14(22)8-6-10-15(12)30-20-17(23)21(26-11-25-20)31-16-9-5-4-7-13(16)18(27-29-3)19(28)24-2/h4-11H,1-3H3,(H,24,28)/b27-18-. The van der Waals surface area contributed by atoms with Crippen molar-refractivity contribution in [1.82, 2.24) is 15.3 Å². The van der Waals surface area contributed by atoms with Crippen molar-refractivity contribution in [3.05, 3.63) is 70.8 Å². The molecule has 0 aliphatic heterocycles. The van der Waals surface area contributed by atoms with Gasteiger partial charge in [-0.1, -0.05) is 35.0 Å². The molecule has 3 aromatic rings. The molecular formula is C21H18ClFN4O4. The van der Waals surface area contributed by atoms with E-state index in [2.05, 4.69) is 20.4 Å². The fraction of sp³-hybridized carbons (Fsp3) is 0.143. The highest BCUT2D eigenvalue weighted by Gasteiger charge is 2.22. The minimum absolute atomic E-state index is 0.0545. The third-order valence-electron chi connectivity index (χ3n) is 4.12. The highest BCUT2D eigenvalue weighted by atomic mass is 35.5. The molecule has 160 valence electrons. The van der Waals surface area contributed by atoms with Crippen LogP contribution in [-0.4, -0.2) is 35.7 Å². The summed E-state index contributed by atoms with van der Waals surface area (Å²) >= 11 is 6.08. The van der Waals surface area contributed by atoms with Gasteiger partial charge in [0.2, 0.25) is 5.82 Å². The molecule has 1 aromatic heterocycles. The highest BCUT2D eigenvalue weighted by Crippen LogP contribution is 2.33. The second kappa shape index (κ2) is 9.86. The Labute approximate surface area is 182 Å². The molecule has 10 heteroatoms. The molecule has 1 heterocycles. The highest BCUT2D eigenvalue weighted by molar-refractivity contribution is 6.45. The van der Waals surface area contributed by atoms with Crippen molar-refractivity contribution in [3.8, 4) is 23.3 Å². The molecule has 0 spiro atoms. The summed E-state index contributed by atoms with van der Waals surface area (Å²) in [5.74, 6) is -1.71. The molecule has 1 amide bonds. The molecule has 2 aromatic carbocycles. The number of rotatable bonds is 7. The fourth-order valence-corrected chi connectivity index (χ4v) is 2.73. The maximum absolute atomic E-state index is 15.0. The number of para-hydroxylation sites is 1. The lowest BCUT2D eigenvalue weighted by Crippen LogP contribution is -2.28. The van der Waals surface area contributed by atoms with Crippen molar-refractivity contribution in [2.45, 2.75) is 6.92 Å². The minimum atomic E-state index is -0.929. The summed E-state index contributed by atoms with van der Waals surface area (Å²) in [6.45, 7) is 1.74. The maximum atomic E-state index is 15.0. The molecule has 0 aliphatic rings. The third-order valence-corrected chi connectivity index (χ3v) is 4.53. The quantitative estimate of drug-likeness (QED) is 0.432. The van der Waals surface area contributed by atoms with Crippen molar-refractivity contribution in [2.24, 2.45) is 5.16 Å². The third kappa shape index (κ3) is 4.89. The van der Waals surface area contributed by atoms with Crippen molar-refractivity contribution >= 4 is 23.2 Å². The first-order valence-corrected chi connectivity index (χ1v) is 9.38. The monoisotopic (exact) mass is 444 g/mol. The predicted molar refractivity (Wildman–Crippen MR) is 112 cm³/mol. The Morgan fingerprint density at radius 1 is 1.06 bits per heavy atom. The van der Waals surface area contributed by atoms with Crippen LogP contribution in [0.4, 0.5) is 4.39 Å². The number of hydrogen-bond acceptors (Lipinski definition) is 7. The van der Waals surface area contributed by atoms with Crippen LogP contribution in [0.25, 0.3) is 0 Å². The SMILES string of the molecule is CNC(=O)/C(=N\OC)c1ccccc1Oc1ncnc(Oc2cccc(Cl)c2C)c1F. The van der Waals surface area contributed by atoms with Gasteiger partial charge in [-0.3, -0.25) is 4.79 Å². The molecule has 0 aliphatic carbocycles. The first kappa shape index (κ1) is 22.0. The van der Waals surface area contributed by atoms with Gasteiger partial charge in [-0.2, -0.15) is 14.4 Å². The zero-order valence-corrected chi connectivity index (χ0v) is 17.6. The van der Waals surface area contributed by atoms with Crippen molar-refractivity contribution in [2.75, 3.05) is 14.2 Å².